The number of nitrogens with zero attached hydrogens (tertiary/aromatic N) is 5. The summed E-state index contributed by atoms with van der Waals surface area (Å²) in [7, 11) is 3.76. The van der Waals surface area contributed by atoms with Gasteiger partial charge in [-0.2, -0.15) is 5.10 Å². The zero-order valence-electron chi connectivity index (χ0n) is 17.6. The molecule has 5 rings (SSSR count). The zero-order valence-corrected chi connectivity index (χ0v) is 17.6. The Morgan fingerprint density at radius 1 is 1.30 bits per heavy atom. The maximum absolute atomic E-state index is 12.9. The van der Waals surface area contributed by atoms with Gasteiger partial charge in [-0.15, -0.1) is 0 Å². The van der Waals surface area contributed by atoms with Crippen molar-refractivity contribution in [2.75, 3.05) is 27.2 Å². The fraction of sp³-hybridized carbons (Fsp3) is 0.409. The van der Waals surface area contributed by atoms with Crippen molar-refractivity contribution in [1.29, 1.82) is 0 Å². The molecule has 1 fully saturated rings. The molecule has 3 aromatic heterocycles. The van der Waals surface area contributed by atoms with Crippen LogP contribution in [0.15, 0.2) is 35.5 Å². The lowest BCUT2D eigenvalue weighted by Crippen LogP contribution is -2.36. The third-order valence-electron chi connectivity index (χ3n) is 6.16. The number of piperidine rings is 1. The predicted molar refractivity (Wildman–Crippen MR) is 116 cm³/mol. The van der Waals surface area contributed by atoms with Crippen LogP contribution in [0, 0.1) is 0 Å². The number of ether oxygens (including phenoxy) is 1. The topological polar surface area (TPSA) is 80.5 Å². The van der Waals surface area contributed by atoms with E-state index in [4.69, 9.17) is 4.74 Å². The summed E-state index contributed by atoms with van der Waals surface area (Å²) in [6.07, 6.45) is 6.46. The molecule has 0 aliphatic carbocycles. The van der Waals surface area contributed by atoms with Crippen LogP contribution < -0.4 is 10.4 Å². The van der Waals surface area contributed by atoms with E-state index in [1.54, 1.807) is 11.6 Å². The number of likely N-dealkylation sites (N-methyl/N-ethyl adjacent to an activating group) is 1. The van der Waals surface area contributed by atoms with Gasteiger partial charge in [0.2, 0.25) is 0 Å². The van der Waals surface area contributed by atoms with E-state index in [1.807, 2.05) is 16.8 Å². The average molecular weight is 406 g/mol. The second-order valence-electron chi connectivity index (χ2n) is 8.06. The van der Waals surface area contributed by atoms with E-state index in [9.17, 15) is 4.79 Å². The van der Waals surface area contributed by atoms with Crippen LogP contribution in [0.3, 0.4) is 0 Å². The summed E-state index contributed by atoms with van der Waals surface area (Å²) in [5.41, 5.74) is 5.72. The summed E-state index contributed by atoms with van der Waals surface area (Å²) < 4.78 is 9.21. The number of nitrogens with one attached hydrogen (secondary N) is 1. The van der Waals surface area contributed by atoms with Gasteiger partial charge in [-0.3, -0.25) is 4.57 Å². The van der Waals surface area contributed by atoms with E-state index in [2.05, 4.69) is 46.1 Å². The first kappa shape index (κ1) is 18.9. The lowest BCUT2D eigenvalue weighted by atomic mass is 9.98. The number of rotatable bonds is 4. The van der Waals surface area contributed by atoms with Crippen LogP contribution in [0.5, 0.6) is 5.75 Å². The smallest absolute Gasteiger partial charge is 0.326 e. The molecule has 30 heavy (non-hydrogen) atoms. The van der Waals surface area contributed by atoms with Crippen LogP contribution in [0.1, 0.15) is 31.4 Å². The molecule has 4 aromatic rings. The normalized spacial score (nSPS) is 17.8. The molecule has 8 heteroatoms. The molecular weight excluding hydrogens is 380 g/mol. The number of aromatic nitrogens is 5. The number of aryl methyl sites for hydroxylation is 1. The minimum Gasteiger partial charge on any atom is -0.493 e. The Labute approximate surface area is 174 Å². The van der Waals surface area contributed by atoms with Gasteiger partial charge in [-0.05, 0) is 62.2 Å². The number of benzene rings is 1. The van der Waals surface area contributed by atoms with Crippen molar-refractivity contribution in [3.63, 3.8) is 0 Å². The predicted octanol–water partition coefficient (Wildman–Crippen LogP) is 2.88. The van der Waals surface area contributed by atoms with Crippen LogP contribution in [-0.2, 0) is 6.42 Å². The molecule has 1 saturated heterocycles. The number of H-pyrrole nitrogens is 1. The number of aromatic amines is 1. The molecule has 0 saturated carbocycles. The zero-order chi connectivity index (χ0) is 20.8. The minimum atomic E-state index is -0.0335. The number of pyridine rings is 1. The standard InChI is InChI=1S/C22H26N6O2/c1-4-14-8-19-18(25-22(29)28(19)16-6-5-7-26(2)12-16)10-17(14)15-9-20(30-3)21-23-13-24-27(21)11-15/h8-11,13,16H,4-7,12H2,1-3H3,(H,25,29)/t16-/m1/s1. The molecule has 8 nitrogen and oxygen atoms in total. The fourth-order valence-electron chi connectivity index (χ4n) is 4.68. The van der Waals surface area contributed by atoms with Gasteiger partial charge in [-0.1, -0.05) is 6.92 Å². The Hall–Kier alpha value is -3.13. The minimum absolute atomic E-state index is 0.0335. The molecule has 1 atom stereocenters. The van der Waals surface area contributed by atoms with Crippen molar-refractivity contribution in [2.45, 2.75) is 32.2 Å². The van der Waals surface area contributed by atoms with Crippen LogP contribution >= 0.6 is 0 Å². The van der Waals surface area contributed by atoms with Gasteiger partial charge >= 0.3 is 5.69 Å². The van der Waals surface area contributed by atoms with Crippen molar-refractivity contribution in [3.8, 4) is 16.9 Å². The van der Waals surface area contributed by atoms with Crippen molar-refractivity contribution in [3.05, 3.63) is 46.8 Å². The van der Waals surface area contributed by atoms with Crippen molar-refractivity contribution in [2.24, 2.45) is 0 Å². The molecule has 1 aromatic carbocycles. The van der Waals surface area contributed by atoms with Crippen LogP contribution in [0.25, 0.3) is 27.8 Å². The molecule has 4 heterocycles. The van der Waals surface area contributed by atoms with Crippen molar-refractivity contribution in [1.82, 2.24) is 29.0 Å². The first-order valence-electron chi connectivity index (χ1n) is 10.4. The van der Waals surface area contributed by atoms with Crippen LogP contribution in [0.4, 0.5) is 0 Å². The lowest BCUT2D eigenvalue weighted by molar-refractivity contribution is 0.212. The highest BCUT2D eigenvalue weighted by Crippen LogP contribution is 2.33. The largest absolute Gasteiger partial charge is 0.493 e. The van der Waals surface area contributed by atoms with Gasteiger partial charge in [0.1, 0.15) is 6.33 Å². The molecule has 156 valence electrons. The van der Waals surface area contributed by atoms with Crippen LogP contribution in [0.2, 0.25) is 0 Å². The molecule has 1 aliphatic rings. The second-order valence-corrected chi connectivity index (χ2v) is 8.06. The van der Waals surface area contributed by atoms with Crippen LogP contribution in [-0.4, -0.2) is 56.3 Å². The Kier molecular flexibility index (Phi) is 4.58. The molecule has 0 unspecified atom stereocenters. The summed E-state index contributed by atoms with van der Waals surface area (Å²) in [5, 5.41) is 4.28. The molecule has 1 N–H and O–H groups in total. The SMILES string of the molecule is CCc1cc2c(cc1-c1cc(OC)c3ncnn3c1)[nH]c(=O)n2[C@@H]1CCCN(C)C1. The molecule has 0 amide bonds. The fourth-order valence-corrected chi connectivity index (χ4v) is 4.68. The molecule has 0 radical (unpaired) electrons. The summed E-state index contributed by atoms with van der Waals surface area (Å²) in [6, 6.07) is 6.42. The van der Waals surface area contributed by atoms with Gasteiger partial charge in [0, 0.05) is 18.3 Å². The number of likely N-dealkylation sites (tertiary alicyclic amines) is 1. The second kappa shape index (κ2) is 7.28. The molecular formula is C22H26N6O2. The highest BCUT2D eigenvalue weighted by atomic mass is 16.5. The number of methoxy groups -OCH3 is 1. The van der Waals surface area contributed by atoms with Gasteiger partial charge in [0.15, 0.2) is 11.4 Å². The van der Waals surface area contributed by atoms with E-state index in [0.29, 0.717) is 11.4 Å². The van der Waals surface area contributed by atoms with E-state index >= 15 is 0 Å². The monoisotopic (exact) mass is 406 g/mol. The quantitative estimate of drug-likeness (QED) is 0.564. The highest BCUT2D eigenvalue weighted by Gasteiger charge is 2.23. The summed E-state index contributed by atoms with van der Waals surface area (Å²) in [5.74, 6) is 0.670. The number of hydrogen-bond acceptors (Lipinski definition) is 5. The van der Waals surface area contributed by atoms with E-state index < -0.39 is 0 Å². The number of hydrogen-bond donors (Lipinski definition) is 1. The first-order chi connectivity index (χ1) is 14.6. The van der Waals surface area contributed by atoms with E-state index in [-0.39, 0.29) is 11.7 Å². The van der Waals surface area contributed by atoms with Gasteiger partial charge in [0.25, 0.3) is 0 Å². The lowest BCUT2D eigenvalue weighted by Gasteiger charge is -2.30. The molecule has 0 spiro atoms. The summed E-state index contributed by atoms with van der Waals surface area (Å²) >= 11 is 0. The Bertz CT molecular complexity index is 1280. The van der Waals surface area contributed by atoms with Crippen molar-refractivity contribution >= 4 is 16.7 Å². The molecule has 0 bridgehead atoms. The maximum atomic E-state index is 12.9. The molecule has 1 aliphatic heterocycles. The first-order valence-corrected chi connectivity index (χ1v) is 10.4. The number of fused-ring (bicyclic) bond motifs is 2. The van der Waals surface area contributed by atoms with Crippen molar-refractivity contribution < 1.29 is 4.74 Å². The number of imidazole rings is 1. The van der Waals surface area contributed by atoms with Gasteiger partial charge < -0.3 is 14.6 Å². The van der Waals surface area contributed by atoms with E-state index in [0.717, 1.165) is 54.5 Å². The highest BCUT2D eigenvalue weighted by molar-refractivity contribution is 5.85. The van der Waals surface area contributed by atoms with Gasteiger partial charge in [-0.25, -0.2) is 14.3 Å². The Morgan fingerprint density at radius 3 is 2.93 bits per heavy atom. The van der Waals surface area contributed by atoms with Gasteiger partial charge in [0.05, 0.1) is 24.2 Å². The average Bonchev–Trinajstić information content (AvgIpc) is 3.34. The summed E-state index contributed by atoms with van der Waals surface area (Å²) in [6.45, 7) is 4.13. The van der Waals surface area contributed by atoms with E-state index in [1.165, 1.54) is 11.9 Å². The Balaban J connectivity index is 1.68. The third-order valence-corrected chi connectivity index (χ3v) is 6.16. The summed E-state index contributed by atoms with van der Waals surface area (Å²) in [4.78, 5) is 22.5. The third kappa shape index (κ3) is 2.99. The Morgan fingerprint density at radius 2 is 2.17 bits per heavy atom. The maximum Gasteiger partial charge on any atom is 0.326 e.